The van der Waals surface area contributed by atoms with Crippen molar-refractivity contribution in [3.05, 3.63) is 0 Å². The van der Waals surface area contributed by atoms with Crippen LogP contribution in [-0.2, 0) is 44.1 Å². The summed E-state index contributed by atoms with van der Waals surface area (Å²) in [5, 5.41) is 0. The topological polar surface area (TPSA) is 0 Å². The van der Waals surface area contributed by atoms with E-state index in [-0.39, 0.29) is 93.7 Å². The van der Waals surface area contributed by atoms with Crippen molar-refractivity contribution in [2.24, 2.45) is 0 Å². The fourth-order valence-corrected chi connectivity index (χ4v) is 0. The molecular weight excluding hydrogens is 313 g/mol. The summed E-state index contributed by atoms with van der Waals surface area (Å²) in [5.41, 5.74) is 0. The number of hydrogen-bond acceptors (Lipinski definition) is 0. The molecule has 0 rings (SSSR count). The van der Waals surface area contributed by atoms with E-state index in [1.807, 2.05) is 0 Å². The SMILES string of the molecule is [Cd+2].[Cl-].[Cl-].[Cl-].[Cl-].[Co+2]. The van der Waals surface area contributed by atoms with Gasteiger partial charge in [-0.25, -0.2) is 0 Å². The number of halogens is 4. The summed E-state index contributed by atoms with van der Waals surface area (Å²) in [6.45, 7) is 0. The van der Waals surface area contributed by atoms with Gasteiger partial charge >= 0.3 is 44.1 Å². The van der Waals surface area contributed by atoms with E-state index < -0.39 is 0 Å². The van der Waals surface area contributed by atoms with Gasteiger partial charge in [-0.3, -0.25) is 0 Å². The molecule has 0 aliphatic rings. The Morgan fingerprint density at radius 1 is 0.500 bits per heavy atom. The second-order valence-corrected chi connectivity index (χ2v) is 0. The van der Waals surface area contributed by atoms with Crippen LogP contribution in [0.1, 0.15) is 0 Å². The van der Waals surface area contributed by atoms with E-state index in [1.165, 1.54) is 0 Å². The van der Waals surface area contributed by atoms with Crippen LogP contribution in [0.4, 0.5) is 0 Å². The summed E-state index contributed by atoms with van der Waals surface area (Å²) >= 11 is 0. The molecule has 6 heavy (non-hydrogen) atoms. The molecule has 0 bridgehead atoms. The Hall–Kier alpha value is 2.59. The molecule has 1 radical (unpaired) electrons. The van der Waals surface area contributed by atoms with Crippen LogP contribution < -0.4 is 49.6 Å². The molecule has 0 nitrogen and oxygen atoms in total. The predicted octanol–water partition coefficient (Wildman–Crippen LogP) is -12.0. The molecule has 0 N–H and O–H groups in total. The third-order valence-corrected chi connectivity index (χ3v) is 0. The van der Waals surface area contributed by atoms with Gasteiger partial charge in [-0.05, 0) is 0 Å². The molecular formula is CdCl4Co. The van der Waals surface area contributed by atoms with Crippen molar-refractivity contribution in [2.45, 2.75) is 0 Å². The number of hydrogen-bond donors (Lipinski definition) is 0. The maximum atomic E-state index is 0. The molecule has 0 aromatic rings. The largest absolute Gasteiger partial charge is 2.00 e. The van der Waals surface area contributed by atoms with E-state index >= 15 is 0 Å². The van der Waals surface area contributed by atoms with Gasteiger partial charge in [0.1, 0.15) is 0 Å². The molecule has 0 aliphatic carbocycles. The molecule has 0 aliphatic heterocycles. The van der Waals surface area contributed by atoms with Crippen LogP contribution in [0.5, 0.6) is 0 Å². The van der Waals surface area contributed by atoms with Crippen molar-refractivity contribution in [1.29, 1.82) is 0 Å². The third-order valence-electron chi connectivity index (χ3n) is 0. The fourth-order valence-electron chi connectivity index (χ4n) is 0. The molecule has 39 valence electrons. The van der Waals surface area contributed by atoms with Crippen molar-refractivity contribution < 1.29 is 93.7 Å². The zero-order valence-electron chi connectivity index (χ0n) is 2.55. The second-order valence-electron chi connectivity index (χ2n) is 0. The van der Waals surface area contributed by atoms with E-state index in [9.17, 15) is 0 Å². The van der Waals surface area contributed by atoms with Gasteiger partial charge in [0.2, 0.25) is 0 Å². The predicted molar refractivity (Wildman–Crippen MR) is 0 cm³/mol. The first kappa shape index (κ1) is 73.8. The van der Waals surface area contributed by atoms with E-state index in [0.29, 0.717) is 0 Å². The molecule has 0 spiro atoms. The molecule has 0 unspecified atom stereocenters. The average Bonchev–Trinajstić information content (AvgIpc) is 0. The second kappa shape index (κ2) is 49.2. The van der Waals surface area contributed by atoms with E-state index in [4.69, 9.17) is 0 Å². The minimum atomic E-state index is 0. The zero-order chi connectivity index (χ0) is 0. The summed E-state index contributed by atoms with van der Waals surface area (Å²) < 4.78 is 0. The van der Waals surface area contributed by atoms with E-state index in [0.717, 1.165) is 0 Å². The summed E-state index contributed by atoms with van der Waals surface area (Å²) in [6, 6.07) is 0. The van der Waals surface area contributed by atoms with Crippen LogP contribution in [-0.4, -0.2) is 0 Å². The maximum absolute atomic E-state index is 0. The molecule has 0 saturated heterocycles. The molecule has 0 amide bonds. The quantitative estimate of drug-likeness (QED) is 0.390. The Morgan fingerprint density at radius 3 is 0.500 bits per heavy atom. The molecule has 0 fully saturated rings. The Kier molecular flexibility index (Phi) is 605. The van der Waals surface area contributed by atoms with Crippen molar-refractivity contribution >= 4 is 0 Å². The standard InChI is InChI=1S/Cd.4ClH.Co/h;4*1H;/q+2;;;;;+2/p-4. The van der Waals surface area contributed by atoms with Crippen LogP contribution in [0.2, 0.25) is 0 Å². The Labute approximate surface area is 92.6 Å². The van der Waals surface area contributed by atoms with Crippen LogP contribution in [0.3, 0.4) is 0 Å². The van der Waals surface area contributed by atoms with Crippen molar-refractivity contribution in [2.75, 3.05) is 0 Å². The molecule has 0 heterocycles. The van der Waals surface area contributed by atoms with Crippen molar-refractivity contribution in [3.8, 4) is 0 Å². The van der Waals surface area contributed by atoms with Gasteiger partial charge in [0.25, 0.3) is 0 Å². The Bertz CT molecular complexity index is 7.51. The molecule has 0 atom stereocenters. The summed E-state index contributed by atoms with van der Waals surface area (Å²) in [4.78, 5) is 0. The molecule has 6 heteroatoms. The van der Waals surface area contributed by atoms with Gasteiger partial charge in [-0.15, -0.1) is 0 Å². The maximum Gasteiger partial charge on any atom is 2.00 e. The van der Waals surface area contributed by atoms with Crippen LogP contribution in [0.15, 0.2) is 0 Å². The summed E-state index contributed by atoms with van der Waals surface area (Å²) in [6.07, 6.45) is 0. The number of rotatable bonds is 0. The summed E-state index contributed by atoms with van der Waals surface area (Å²) in [5.74, 6) is 0. The monoisotopic (exact) mass is 313 g/mol. The van der Waals surface area contributed by atoms with Gasteiger partial charge in [-0.2, -0.15) is 0 Å². The van der Waals surface area contributed by atoms with E-state index in [1.54, 1.807) is 0 Å². The van der Waals surface area contributed by atoms with Crippen LogP contribution in [0.25, 0.3) is 0 Å². The molecule has 0 aromatic carbocycles. The first-order chi connectivity index (χ1) is 0. The zero-order valence-corrected chi connectivity index (χ0v) is 10.7. The van der Waals surface area contributed by atoms with Gasteiger partial charge in [0, 0.05) is 0 Å². The molecule has 0 saturated carbocycles. The van der Waals surface area contributed by atoms with Gasteiger partial charge < -0.3 is 49.6 Å². The van der Waals surface area contributed by atoms with Crippen LogP contribution >= 0.6 is 0 Å². The van der Waals surface area contributed by atoms with Crippen LogP contribution in [0, 0.1) is 0 Å². The normalized spacial score (nSPS) is 0. The average molecular weight is 313 g/mol. The van der Waals surface area contributed by atoms with Crippen molar-refractivity contribution in [3.63, 3.8) is 0 Å². The van der Waals surface area contributed by atoms with E-state index in [2.05, 4.69) is 0 Å². The first-order valence-electron chi connectivity index (χ1n) is 0. The van der Waals surface area contributed by atoms with Crippen molar-refractivity contribution in [1.82, 2.24) is 0 Å². The Morgan fingerprint density at radius 2 is 0.500 bits per heavy atom. The van der Waals surface area contributed by atoms with Gasteiger partial charge in [-0.1, -0.05) is 0 Å². The van der Waals surface area contributed by atoms with Gasteiger partial charge in [0.15, 0.2) is 0 Å². The Balaban J connectivity index is 0. The van der Waals surface area contributed by atoms with Gasteiger partial charge in [0.05, 0.1) is 0 Å². The first-order valence-corrected chi connectivity index (χ1v) is 0. The summed E-state index contributed by atoms with van der Waals surface area (Å²) in [7, 11) is 0. The fraction of sp³-hybridized carbons (Fsp3) is 0. The molecule has 0 aromatic heterocycles. The third kappa shape index (κ3) is 30.7. The smallest absolute Gasteiger partial charge is 1.00 e. The minimum absolute atomic E-state index is 0. The minimum Gasteiger partial charge on any atom is -1.00 e.